The Morgan fingerprint density at radius 2 is 2.50 bits per heavy atom. The van der Waals surface area contributed by atoms with Crippen LogP contribution in [0.25, 0.3) is 0 Å². The second-order valence-electron chi connectivity index (χ2n) is 1.08. The Bertz CT molecular complexity index is 101. The van der Waals surface area contributed by atoms with Crippen molar-refractivity contribution in [2.24, 2.45) is 5.73 Å². The van der Waals surface area contributed by atoms with Crippen LogP contribution in [0.3, 0.4) is 0 Å². The standard InChI is InChI=1S/C4H7NO3/c1-2-3(5)8-4(6)7/h2-3H,1,5H2,(H,6,7). The van der Waals surface area contributed by atoms with Gasteiger partial charge in [-0.2, -0.15) is 0 Å². The van der Waals surface area contributed by atoms with Gasteiger partial charge in [-0.05, 0) is 6.08 Å². The molecule has 1 atom stereocenters. The van der Waals surface area contributed by atoms with Gasteiger partial charge in [-0.15, -0.1) is 0 Å². The zero-order chi connectivity index (χ0) is 6.57. The Morgan fingerprint density at radius 1 is 2.00 bits per heavy atom. The molecule has 0 saturated carbocycles. The molecule has 0 aliphatic rings. The zero-order valence-corrected chi connectivity index (χ0v) is 4.20. The fraction of sp³-hybridized carbons (Fsp3) is 0.250. The van der Waals surface area contributed by atoms with Gasteiger partial charge in [-0.25, -0.2) is 4.79 Å². The Kier molecular flexibility index (Phi) is 2.64. The second-order valence-corrected chi connectivity index (χ2v) is 1.08. The highest BCUT2D eigenvalue weighted by Gasteiger charge is 1.99. The minimum absolute atomic E-state index is 0.910. The molecule has 0 aliphatic heterocycles. The number of hydrogen-bond donors (Lipinski definition) is 2. The molecule has 0 aromatic heterocycles. The summed E-state index contributed by atoms with van der Waals surface area (Å²) in [5, 5.41) is 7.86. The molecule has 0 aromatic carbocycles. The van der Waals surface area contributed by atoms with Crippen LogP contribution in [0.15, 0.2) is 12.7 Å². The van der Waals surface area contributed by atoms with Crippen LogP contribution >= 0.6 is 0 Å². The zero-order valence-electron chi connectivity index (χ0n) is 4.20. The summed E-state index contributed by atoms with van der Waals surface area (Å²) in [7, 11) is 0. The molecule has 8 heavy (non-hydrogen) atoms. The summed E-state index contributed by atoms with van der Waals surface area (Å²) in [4.78, 5) is 9.62. The molecule has 0 spiro atoms. The molecular weight excluding hydrogens is 110 g/mol. The predicted molar refractivity (Wildman–Crippen MR) is 27.3 cm³/mol. The van der Waals surface area contributed by atoms with Gasteiger partial charge in [0.1, 0.15) is 0 Å². The van der Waals surface area contributed by atoms with Crippen molar-refractivity contribution in [3.63, 3.8) is 0 Å². The lowest BCUT2D eigenvalue weighted by Gasteiger charge is -2.01. The highest BCUT2D eigenvalue weighted by molar-refractivity contribution is 5.57. The second kappa shape index (κ2) is 3.04. The molecule has 0 saturated heterocycles. The smallest absolute Gasteiger partial charge is 0.450 e. The quantitative estimate of drug-likeness (QED) is 0.307. The molecule has 4 heteroatoms. The normalized spacial score (nSPS) is 12.1. The molecule has 46 valence electrons. The summed E-state index contributed by atoms with van der Waals surface area (Å²) in [5.74, 6) is 0. The van der Waals surface area contributed by atoms with E-state index in [4.69, 9.17) is 10.8 Å². The van der Waals surface area contributed by atoms with Crippen LogP contribution in [0.2, 0.25) is 0 Å². The van der Waals surface area contributed by atoms with E-state index < -0.39 is 12.4 Å². The van der Waals surface area contributed by atoms with E-state index >= 15 is 0 Å². The van der Waals surface area contributed by atoms with E-state index in [9.17, 15) is 4.79 Å². The minimum Gasteiger partial charge on any atom is -0.450 e. The molecule has 0 heterocycles. The number of nitrogens with two attached hydrogens (primary N) is 1. The van der Waals surface area contributed by atoms with E-state index in [2.05, 4.69) is 11.3 Å². The van der Waals surface area contributed by atoms with Gasteiger partial charge < -0.3 is 9.84 Å². The number of carbonyl (C=O) groups is 1. The molecule has 0 fully saturated rings. The van der Waals surface area contributed by atoms with Crippen LogP contribution < -0.4 is 5.73 Å². The lowest BCUT2D eigenvalue weighted by Crippen LogP contribution is -2.23. The van der Waals surface area contributed by atoms with Crippen molar-refractivity contribution in [3.05, 3.63) is 12.7 Å². The maximum atomic E-state index is 9.62. The summed E-state index contributed by atoms with van der Waals surface area (Å²) in [6, 6.07) is 0. The summed E-state index contributed by atoms with van der Waals surface area (Å²) in [6.07, 6.45) is -1.11. The van der Waals surface area contributed by atoms with Crippen LogP contribution in [-0.2, 0) is 4.74 Å². The first-order valence-electron chi connectivity index (χ1n) is 1.94. The van der Waals surface area contributed by atoms with Gasteiger partial charge in [-0.1, -0.05) is 6.58 Å². The monoisotopic (exact) mass is 117 g/mol. The van der Waals surface area contributed by atoms with Gasteiger partial charge >= 0.3 is 6.16 Å². The van der Waals surface area contributed by atoms with Gasteiger partial charge in [-0.3, -0.25) is 5.73 Å². The minimum atomic E-state index is -1.39. The van der Waals surface area contributed by atoms with Gasteiger partial charge in [0.05, 0.1) is 0 Å². The highest BCUT2D eigenvalue weighted by atomic mass is 16.7. The summed E-state index contributed by atoms with van der Waals surface area (Å²) in [6.45, 7) is 3.20. The van der Waals surface area contributed by atoms with Crippen LogP contribution in [-0.4, -0.2) is 17.5 Å². The first-order valence-corrected chi connectivity index (χ1v) is 1.94. The molecule has 0 aromatic rings. The SMILES string of the molecule is C=CC(N)OC(=O)O. The van der Waals surface area contributed by atoms with E-state index in [0.717, 1.165) is 0 Å². The fourth-order valence-electron chi connectivity index (χ4n) is 0.165. The van der Waals surface area contributed by atoms with E-state index in [0.29, 0.717) is 0 Å². The van der Waals surface area contributed by atoms with Gasteiger partial charge in [0, 0.05) is 0 Å². The molecule has 0 radical (unpaired) electrons. The Balaban J connectivity index is 3.38. The van der Waals surface area contributed by atoms with Crippen LogP contribution in [0.5, 0.6) is 0 Å². The average molecular weight is 117 g/mol. The molecule has 0 amide bonds. The number of hydrogen-bond acceptors (Lipinski definition) is 3. The van der Waals surface area contributed by atoms with Gasteiger partial charge in [0.25, 0.3) is 0 Å². The average Bonchev–Trinajstić information content (AvgIpc) is 1.65. The third-order valence-corrected chi connectivity index (χ3v) is 0.469. The van der Waals surface area contributed by atoms with Crippen molar-refractivity contribution in [2.45, 2.75) is 6.23 Å². The highest BCUT2D eigenvalue weighted by Crippen LogP contribution is 1.82. The third-order valence-electron chi connectivity index (χ3n) is 0.469. The molecule has 0 aliphatic carbocycles. The van der Waals surface area contributed by atoms with Crippen molar-refractivity contribution >= 4 is 6.16 Å². The topological polar surface area (TPSA) is 72.5 Å². The molecule has 3 N–H and O–H groups in total. The summed E-state index contributed by atoms with van der Waals surface area (Å²) in [5.41, 5.74) is 4.95. The number of ether oxygens (including phenoxy) is 1. The van der Waals surface area contributed by atoms with E-state index in [1.54, 1.807) is 0 Å². The Morgan fingerprint density at radius 3 is 2.62 bits per heavy atom. The summed E-state index contributed by atoms with van der Waals surface area (Å²) >= 11 is 0. The molecule has 1 unspecified atom stereocenters. The van der Waals surface area contributed by atoms with E-state index in [-0.39, 0.29) is 0 Å². The maximum Gasteiger partial charge on any atom is 0.507 e. The lowest BCUT2D eigenvalue weighted by molar-refractivity contribution is 0.0715. The molecule has 0 bridgehead atoms. The van der Waals surface area contributed by atoms with Crippen molar-refractivity contribution in [1.29, 1.82) is 0 Å². The Labute approximate surface area is 46.6 Å². The lowest BCUT2D eigenvalue weighted by atomic mass is 10.6. The molecular formula is C4H7NO3. The predicted octanol–water partition coefficient (Wildman–Crippen LogP) is 0.152. The van der Waals surface area contributed by atoms with Crippen molar-refractivity contribution < 1.29 is 14.6 Å². The third kappa shape index (κ3) is 3.17. The van der Waals surface area contributed by atoms with E-state index in [1.807, 2.05) is 0 Å². The van der Waals surface area contributed by atoms with Gasteiger partial charge in [0.2, 0.25) is 0 Å². The van der Waals surface area contributed by atoms with Crippen molar-refractivity contribution in [2.75, 3.05) is 0 Å². The largest absolute Gasteiger partial charge is 0.507 e. The molecule has 4 nitrogen and oxygen atoms in total. The van der Waals surface area contributed by atoms with Gasteiger partial charge in [0.15, 0.2) is 6.23 Å². The first-order chi connectivity index (χ1) is 3.66. The van der Waals surface area contributed by atoms with Crippen LogP contribution in [0.1, 0.15) is 0 Å². The van der Waals surface area contributed by atoms with Crippen LogP contribution in [0.4, 0.5) is 4.79 Å². The maximum absolute atomic E-state index is 9.62. The van der Waals surface area contributed by atoms with Crippen molar-refractivity contribution in [3.8, 4) is 0 Å². The first kappa shape index (κ1) is 6.97. The van der Waals surface area contributed by atoms with E-state index in [1.165, 1.54) is 6.08 Å². The van der Waals surface area contributed by atoms with Crippen molar-refractivity contribution in [1.82, 2.24) is 0 Å². The molecule has 0 rings (SSSR count). The number of carboxylic acid groups (broad SMARTS) is 1. The number of rotatable bonds is 2. The fourth-order valence-corrected chi connectivity index (χ4v) is 0.165. The summed E-state index contributed by atoms with van der Waals surface area (Å²) < 4.78 is 3.98. The van der Waals surface area contributed by atoms with Crippen LogP contribution in [0, 0.1) is 0 Å². The Hall–Kier alpha value is -1.03.